The van der Waals surface area contributed by atoms with E-state index in [4.69, 9.17) is 9.47 Å². The van der Waals surface area contributed by atoms with E-state index >= 15 is 0 Å². The fourth-order valence-electron chi connectivity index (χ4n) is 6.38. The molecule has 0 spiro atoms. The second-order valence-corrected chi connectivity index (χ2v) is 13.8. The first-order chi connectivity index (χ1) is 20.4. The summed E-state index contributed by atoms with van der Waals surface area (Å²) < 4.78 is 84.8. The molecule has 14 heteroatoms. The van der Waals surface area contributed by atoms with E-state index in [0.717, 1.165) is 6.07 Å². The van der Waals surface area contributed by atoms with Crippen molar-refractivity contribution >= 4 is 40.1 Å². The van der Waals surface area contributed by atoms with Gasteiger partial charge < -0.3 is 14.4 Å². The standard InChI is InChI=1S/C30H37F5N4O4S/c1-16-12-37(13-17(2)38(16)27(41)43-28(3,4)5)25-20-11-21(30(33,34)35)22(18-7-9-29(31,32)10-8-18)24-23(20)39(26(40)36-25)19(14-42-6)15-44-24/h7,11,16-17,19H,8-10,12-15H2,1-6H3/t16-,17+,19-/m0/s1. The fraction of sp³-hybridized carbons (Fsp3) is 0.633. The van der Waals surface area contributed by atoms with E-state index < -0.39 is 66.0 Å². The summed E-state index contributed by atoms with van der Waals surface area (Å²) in [5, 5.41) is 0.135. The molecule has 3 heterocycles. The van der Waals surface area contributed by atoms with Gasteiger partial charge in [0.05, 0.1) is 35.8 Å². The highest BCUT2D eigenvalue weighted by atomic mass is 32.2. The molecule has 1 aromatic carbocycles. The number of ether oxygens (including phenoxy) is 2. The summed E-state index contributed by atoms with van der Waals surface area (Å²) >= 11 is 1.17. The zero-order valence-corrected chi connectivity index (χ0v) is 26.4. The Morgan fingerprint density at radius 1 is 1.16 bits per heavy atom. The largest absolute Gasteiger partial charge is 0.444 e. The Hall–Kier alpha value is -2.87. The summed E-state index contributed by atoms with van der Waals surface area (Å²) in [6, 6.07) is -0.312. The fourth-order valence-corrected chi connectivity index (χ4v) is 7.72. The number of allylic oxidation sites excluding steroid dienone is 2. The summed E-state index contributed by atoms with van der Waals surface area (Å²) in [4.78, 5) is 34.6. The number of benzene rings is 1. The maximum absolute atomic E-state index is 14.8. The number of anilines is 1. The molecule has 0 radical (unpaired) electrons. The van der Waals surface area contributed by atoms with Crippen LogP contribution in [0.15, 0.2) is 21.8 Å². The molecule has 3 atom stereocenters. The minimum atomic E-state index is -4.81. The molecule has 1 aliphatic carbocycles. The van der Waals surface area contributed by atoms with Gasteiger partial charge in [0.2, 0.25) is 0 Å². The van der Waals surface area contributed by atoms with Crippen LogP contribution in [0.5, 0.6) is 0 Å². The van der Waals surface area contributed by atoms with Crippen molar-refractivity contribution in [3.63, 3.8) is 0 Å². The molecule has 242 valence electrons. The number of aromatic nitrogens is 2. The van der Waals surface area contributed by atoms with Crippen LogP contribution in [0.2, 0.25) is 0 Å². The number of nitrogens with zero attached hydrogens (tertiary/aromatic N) is 4. The highest BCUT2D eigenvalue weighted by molar-refractivity contribution is 7.99. The zero-order chi connectivity index (χ0) is 32.4. The number of methoxy groups -OCH3 is 1. The van der Waals surface area contributed by atoms with E-state index in [9.17, 15) is 31.5 Å². The van der Waals surface area contributed by atoms with E-state index in [1.165, 1.54) is 29.5 Å². The Bertz CT molecular complexity index is 1540. The van der Waals surface area contributed by atoms with Crippen molar-refractivity contribution in [2.45, 2.75) is 94.6 Å². The van der Waals surface area contributed by atoms with Crippen LogP contribution in [0.3, 0.4) is 0 Å². The van der Waals surface area contributed by atoms with Gasteiger partial charge in [-0.25, -0.2) is 18.4 Å². The molecule has 0 saturated carbocycles. The lowest BCUT2D eigenvalue weighted by atomic mass is 9.87. The number of rotatable bonds is 4. The minimum Gasteiger partial charge on any atom is -0.444 e. The Kier molecular flexibility index (Phi) is 8.49. The Balaban J connectivity index is 1.71. The molecule has 0 N–H and O–H groups in total. The van der Waals surface area contributed by atoms with Crippen molar-refractivity contribution in [1.82, 2.24) is 14.5 Å². The van der Waals surface area contributed by atoms with Crippen LogP contribution in [0.1, 0.15) is 71.0 Å². The molecule has 1 fully saturated rings. The van der Waals surface area contributed by atoms with Crippen molar-refractivity contribution in [1.29, 1.82) is 0 Å². The van der Waals surface area contributed by atoms with Crippen LogP contribution in [0.25, 0.3) is 16.5 Å². The van der Waals surface area contributed by atoms with Gasteiger partial charge in [-0.2, -0.15) is 18.2 Å². The molecule has 5 rings (SSSR count). The maximum atomic E-state index is 14.8. The van der Waals surface area contributed by atoms with Crippen LogP contribution in [0, 0.1) is 0 Å². The van der Waals surface area contributed by atoms with E-state index in [-0.39, 0.29) is 64.6 Å². The van der Waals surface area contributed by atoms with Gasteiger partial charge in [-0.1, -0.05) is 6.08 Å². The predicted octanol–water partition coefficient (Wildman–Crippen LogP) is 6.75. The highest BCUT2D eigenvalue weighted by Gasteiger charge is 2.42. The molecule has 0 bridgehead atoms. The van der Waals surface area contributed by atoms with E-state index in [1.54, 1.807) is 44.4 Å². The highest BCUT2D eigenvalue weighted by Crippen LogP contribution is 2.50. The lowest BCUT2D eigenvalue weighted by Gasteiger charge is -2.45. The van der Waals surface area contributed by atoms with Crippen LogP contribution in [-0.2, 0) is 15.7 Å². The zero-order valence-electron chi connectivity index (χ0n) is 25.6. The molecule has 2 aromatic rings. The average Bonchev–Trinajstić information content (AvgIpc) is 2.89. The third-order valence-electron chi connectivity index (χ3n) is 8.15. The number of halogens is 5. The molecule has 8 nitrogen and oxygen atoms in total. The van der Waals surface area contributed by atoms with Gasteiger partial charge in [0.1, 0.15) is 11.4 Å². The van der Waals surface area contributed by atoms with E-state index in [0.29, 0.717) is 0 Å². The second-order valence-electron chi connectivity index (χ2n) is 12.8. The lowest BCUT2D eigenvalue weighted by molar-refractivity contribution is -0.137. The third-order valence-corrected chi connectivity index (χ3v) is 9.38. The van der Waals surface area contributed by atoms with Crippen LogP contribution >= 0.6 is 11.8 Å². The van der Waals surface area contributed by atoms with Crippen molar-refractivity contribution in [3.05, 3.63) is 33.8 Å². The predicted molar refractivity (Wildman–Crippen MR) is 159 cm³/mol. The number of amides is 1. The van der Waals surface area contributed by atoms with Crippen LogP contribution in [0.4, 0.5) is 32.6 Å². The molecule has 0 unspecified atom stereocenters. The molecule has 1 aromatic heterocycles. The Morgan fingerprint density at radius 3 is 2.36 bits per heavy atom. The number of hydrogen-bond acceptors (Lipinski definition) is 7. The van der Waals surface area contributed by atoms with Gasteiger partial charge in [-0.05, 0) is 52.7 Å². The number of carbonyl (C=O) groups excluding carboxylic acids is 1. The van der Waals surface area contributed by atoms with Crippen molar-refractivity contribution in [2.75, 3.05) is 37.5 Å². The van der Waals surface area contributed by atoms with Gasteiger partial charge in [0.25, 0.3) is 5.92 Å². The van der Waals surface area contributed by atoms with E-state index in [1.807, 2.05) is 0 Å². The van der Waals surface area contributed by atoms with E-state index in [2.05, 4.69) is 4.98 Å². The molecule has 3 aliphatic rings. The summed E-state index contributed by atoms with van der Waals surface area (Å²) in [5.74, 6) is -2.65. The monoisotopic (exact) mass is 644 g/mol. The summed E-state index contributed by atoms with van der Waals surface area (Å²) in [6.45, 7) is 9.43. The lowest BCUT2D eigenvalue weighted by Crippen LogP contribution is -2.60. The normalized spacial score (nSPS) is 24.0. The van der Waals surface area contributed by atoms with Gasteiger partial charge in [-0.3, -0.25) is 9.47 Å². The smallest absolute Gasteiger partial charge is 0.417 e. The number of piperazine rings is 1. The second kappa shape index (κ2) is 11.5. The van der Waals surface area contributed by atoms with Crippen molar-refractivity contribution < 1.29 is 36.2 Å². The molecule has 2 aliphatic heterocycles. The summed E-state index contributed by atoms with van der Waals surface area (Å²) in [5.41, 5.74) is -1.97. The number of carbonyl (C=O) groups is 1. The first-order valence-corrected chi connectivity index (χ1v) is 15.6. The summed E-state index contributed by atoms with van der Waals surface area (Å²) in [6.07, 6.45) is -5.55. The molecule has 1 amide bonds. The molecular weight excluding hydrogens is 607 g/mol. The maximum Gasteiger partial charge on any atom is 0.417 e. The molecular formula is C30H37F5N4O4S. The Labute approximate surface area is 256 Å². The van der Waals surface area contributed by atoms with Crippen molar-refractivity contribution in [2.24, 2.45) is 0 Å². The van der Waals surface area contributed by atoms with Crippen molar-refractivity contribution in [3.8, 4) is 0 Å². The van der Waals surface area contributed by atoms with Gasteiger partial charge in [0, 0.05) is 54.6 Å². The SMILES string of the molecule is COC[C@H]1CSc2c(C3=CCC(F)(F)CC3)c(C(F)(F)F)cc3c(N4C[C@@H](C)N(C(=O)OC(C)(C)C)[C@@H](C)C4)nc(=O)n1c23. The number of thioether (sulfide) groups is 1. The van der Waals surface area contributed by atoms with Gasteiger partial charge in [0.15, 0.2) is 0 Å². The van der Waals surface area contributed by atoms with Crippen LogP contribution in [-0.4, -0.2) is 76.7 Å². The van der Waals surface area contributed by atoms with Gasteiger partial charge >= 0.3 is 18.0 Å². The number of hydrogen-bond donors (Lipinski definition) is 0. The molecule has 44 heavy (non-hydrogen) atoms. The van der Waals surface area contributed by atoms with Gasteiger partial charge in [-0.15, -0.1) is 11.8 Å². The minimum absolute atomic E-state index is 0.0879. The number of alkyl halides is 5. The Morgan fingerprint density at radius 2 is 1.82 bits per heavy atom. The third kappa shape index (κ3) is 6.16. The first kappa shape index (κ1) is 32.5. The summed E-state index contributed by atoms with van der Waals surface area (Å²) in [7, 11) is 1.47. The average molecular weight is 645 g/mol. The van der Waals surface area contributed by atoms with Crippen LogP contribution < -0.4 is 10.6 Å². The molecule has 1 saturated heterocycles. The topological polar surface area (TPSA) is 76.9 Å². The quantitative estimate of drug-likeness (QED) is 0.341. The first-order valence-electron chi connectivity index (χ1n) is 14.6.